The lowest BCUT2D eigenvalue weighted by Gasteiger charge is -2.28. The molecule has 0 saturated heterocycles. The van der Waals surface area contributed by atoms with Gasteiger partial charge in [0.25, 0.3) is 0 Å². The van der Waals surface area contributed by atoms with Crippen molar-refractivity contribution >= 4 is 0 Å². The quantitative estimate of drug-likeness (QED) is 0.263. The van der Waals surface area contributed by atoms with Gasteiger partial charge in [-0.05, 0) is 54.5 Å². The molecule has 0 radical (unpaired) electrons. The number of halogens is 4. The molecule has 1 fully saturated rings. The molecule has 0 aromatic heterocycles. The number of ether oxygens (including phenoxy) is 1. The summed E-state index contributed by atoms with van der Waals surface area (Å²) < 4.78 is 61.0. The van der Waals surface area contributed by atoms with Gasteiger partial charge in [-0.25, -0.2) is 8.78 Å². The van der Waals surface area contributed by atoms with E-state index in [2.05, 4.69) is 6.92 Å². The maximum absolute atomic E-state index is 14.4. The summed E-state index contributed by atoms with van der Waals surface area (Å²) in [4.78, 5) is 0. The van der Waals surface area contributed by atoms with Crippen LogP contribution in [0.4, 0.5) is 17.6 Å². The van der Waals surface area contributed by atoms with Crippen LogP contribution in [-0.4, -0.2) is 0 Å². The first-order valence-electron chi connectivity index (χ1n) is 11.9. The fourth-order valence-electron chi connectivity index (χ4n) is 4.64. The normalized spacial score (nSPS) is 18.7. The van der Waals surface area contributed by atoms with Gasteiger partial charge in [-0.1, -0.05) is 70.4 Å². The largest absolute Gasteiger partial charge is 0.429 e. The molecule has 0 atom stereocenters. The molecule has 1 aliphatic rings. The van der Waals surface area contributed by atoms with Crippen LogP contribution in [0.3, 0.4) is 0 Å². The molecule has 2 aromatic rings. The molecule has 2 aromatic carbocycles. The SMILES string of the molecule is CCCCCC1CCC(CCc2ccc(OC(F)(F)c3cc(F)c(C#N)c(F)c3)cc2)CC1. The van der Waals surface area contributed by atoms with Crippen LogP contribution in [0.2, 0.25) is 0 Å². The van der Waals surface area contributed by atoms with Crippen LogP contribution in [0.5, 0.6) is 5.75 Å². The summed E-state index contributed by atoms with van der Waals surface area (Å²) >= 11 is 0. The highest BCUT2D eigenvalue weighted by atomic mass is 19.3. The predicted molar refractivity (Wildman–Crippen MR) is 120 cm³/mol. The molecular weight excluding hydrogens is 430 g/mol. The molecule has 0 bridgehead atoms. The molecule has 33 heavy (non-hydrogen) atoms. The molecule has 0 spiro atoms. The zero-order valence-corrected chi connectivity index (χ0v) is 19.1. The van der Waals surface area contributed by atoms with Gasteiger partial charge in [0.2, 0.25) is 0 Å². The van der Waals surface area contributed by atoms with Crippen molar-refractivity contribution in [2.24, 2.45) is 11.8 Å². The van der Waals surface area contributed by atoms with Crippen LogP contribution in [0, 0.1) is 34.8 Å². The second-order valence-corrected chi connectivity index (χ2v) is 9.11. The van der Waals surface area contributed by atoms with E-state index in [9.17, 15) is 17.6 Å². The predicted octanol–water partition coefficient (Wildman–Crippen LogP) is 8.28. The summed E-state index contributed by atoms with van der Waals surface area (Å²) in [5.74, 6) is -1.19. The smallest absolute Gasteiger partial charge is 0.426 e. The van der Waals surface area contributed by atoms with E-state index in [0.717, 1.165) is 24.3 Å². The molecule has 0 heterocycles. The number of hydrogen-bond donors (Lipinski definition) is 0. The van der Waals surface area contributed by atoms with Crippen molar-refractivity contribution in [3.05, 3.63) is 64.7 Å². The lowest BCUT2D eigenvalue weighted by Crippen LogP contribution is -2.22. The molecule has 178 valence electrons. The van der Waals surface area contributed by atoms with Crippen molar-refractivity contribution in [1.82, 2.24) is 0 Å². The number of unbranched alkanes of at least 4 members (excludes halogenated alkanes) is 2. The Morgan fingerprint density at radius 2 is 1.52 bits per heavy atom. The molecule has 0 N–H and O–H groups in total. The van der Waals surface area contributed by atoms with E-state index in [0.29, 0.717) is 18.1 Å². The van der Waals surface area contributed by atoms with Gasteiger partial charge < -0.3 is 4.74 Å². The minimum Gasteiger partial charge on any atom is -0.429 e. The fraction of sp³-hybridized carbons (Fsp3) is 0.519. The van der Waals surface area contributed by atoms with Crippen molar-refractivity contribution in [1.29, 1.82) is 5.26 Å². The summed E-state index contributed by atoms with van der Waals surface area (Å²) in [5, 5.41) is 8.68. The summed E-state index contributed by atoms with van der Waals surface area (Å²) in [6.07, 6.45) is 8.48. The topological polar surface area (TPSA) is 33.0 Å². The third-order valence-electron chi connectivity index (χ3n) is 6.68. The Hall–Kier alpha value is -2.55. The van der Waals surface area contributed by atoms with E-state index in [1.807, 2.05) is 0 Å². The third kappa shape index (κ3) is 6.96. The maximum Gasteiger partial charge on any atom is 0.426 e. The number of rotatable bonds is 10. The molecule has 1 aliphatic carbocycles. The first-order chi connectivity index (χ1) is 15.8. The van der Waals surface area contributed by atoms with E-state index in [4.69, 9.17) is 10.00 Å². The first-order valence-corrected chi connectivity index (χ1v) is 11.9. The number of hydrogen-bond acceptors (Lipinski definition) is 2. The van der Waals surface area contributed by atoms with Gasteiger partial charge in [-0.2, -0.15) is 14.0 Å². The monoisotopic (exact) mass is 461 g/mol. The van der Waals surface area contributed by atoms with E-state index < -0.39 is 28.9 Å². The van der Waals surface area contributed by atoms with E-state index in [-0.39, 0.29) is 5.75 Å². The lowest BCUT2D eigenvalue weighted by molar-refractivity contribution is -0.185. The van der Waals surface area contributed by atoms with Gasteiger partial charge >= 0.3 is 6.11 Å². The average molecular weight is 462 g/mol. The number of benzene rings is 2. The van der Waals surface area contributed by atoms with Gasteiger partial charge in [-0.15, -0.1) is 0 Å². The second kappa shape index (κ2) is 11.5. The van der Waals surface area contributed by atoms with Crippen LogP contribution in [0.25, 0.3) is 0 Å². The van der Waals surface area contributed by atoms with Gasteiger partial charge in [0.1, 0.15) is 29.0 Å². The Labute approximate surface area is 193 Å². The summed E-state index contributed by atoms with van der Waals surface area (Å²) in [5.41, 5.74) is -0.832. The van der Waals surface area contributed by atoms with E-state index in [1.54, 1.807) is 12.1 Å². The highest BCUT2D eigenvalue weighted by Gasteiger charge is 2.36. The highest BCUT2D eigenvalue weighted by molar-refractivity contribution is 5.37. The zero-order valence-electron chi connectivity index (χ0n) is 19.1. The van der Waals surface area contributed by atoms with E-state index >= 15 is 0 Å². The summed E-state index contributed by atoms with van der Waals surface area (Å²) in [6.45, 7) is 2.23. The summed E-state index contributed by atoms with van der Waals surface area (Å²) in [6, 6.07) is 8.56. The van der Waals surface area contributed by atoms with Crippen LogP contribution in [0.1, 0.15) is 81.4 Å². The summed E-state index contributed by atoms with van der Waals surface area (Å²) in [7, 11) is 0. The van der Waals surface area contributed by atoms with Gasteiger partial charge in [-0.3, -0.25) is 0 Å². The van der Waals surface area contributed by atoms with Crippen molar-refractivity contribution in [2.45, 2.75) is 77.2 Å². The minimum absolute atomic E-state index is 0.0958. The van der Waals surface area contributed by atoms with Crippen LogP contribution >= 0.6 is 0 Å². The average Bonchev–Trinajstić information content (AvgIpc) is 2.79. The third-order valence-corrected chi connectivity index (χ3v) is 6.68. The van der Waals surface area contributed by atoms with Gasteiger partial charge in [0.15, 0.2) is 0 Å². The zero-order chi connectivity index (χ0) is 23.8. The van der Waals surface area contributed by atoms with E-state index in [1.165, 1.54) is 69.6 Å². The Morgan fingerprint density at radius 1 is 0.939 bits per heavy atom. The molecular formula is C27H31F4NO. The lowest BCUT2D eigenvalue weighted by atomic mass is 9.78. The van der Waals surface area contributed by atoms with Crippen molar-refractivity contribution in [3.8, 4) is 11.8 Å². The number of nitriles is 1. The molecule has 1 saturated carbocycles. The molecule has 3 rings (SSSR count). The van der Waals surface area contributed by atoms with Crippen molar-refractivity contribution in [2.75, 3.05) is 0 Å². The highest BCUT2D eigenvalue weighted by Crippen LogP contribution is 2.35. The fourth-order valence-corrected chi connectivity index (χ4v) is 4.64. The van der Waals surface area contributed by atoms with Crippen molar-refractivity contribution < 1.29 is 22.3 Å². The van der Waals surface area contributed by atoms with Gasteiger partial charge in [0.05, 0.1) is 5.56 Å². The maximum atomic E-state index is 14.4. The molecule has 0 amide bonds. The molecule has 0 aliphatic heterocycles. The molecule has 2 nitrogen and oxygen atoms in total. The molecule has 0 unspecified atom stereocenters. The van der Waals surface area contributed by atoms with Crippen LogP contribution < -0.4 is 4.74 Å². The molecule has 6 heteroatoms. The van der Waals surface area contributed by atoms with Crippen LogP contribution in [-0.2, 0) is 12.5 Å². The minimum atomic E-state index is -3.94. The number of alkyl halides is 2. The Morgan fingerprint density at radius 3 is 2.06 bits per heavy atom. The number of nitrogens with zero attached hydrogens (tertiary/aromatic N) is 1. The van der Waals surface area contributed by atoms with Crippen LogP contribution in [0.15, 0.2) is 36.4 Å². The first kappa shape index (κ1) is 25.1. The number of aryl methyl sites for hydroxylation is 1. The Kier molecular flexibility index (Phi) is 8.77. The standard InChI is InChI=1S/C27H31F4NO/c1-2-3-4-5-19-6-8-20(9-7-19)10-11-21-12-14-23(15-13-21)33-27(30,31)22-16-25(28)24(18-32)26(29)17-22/h12-17,19-20H,2-11H2,1H3. The Balaban J connectivity index is 1.50. The second-order valence-electron chi connectivity index (χ2n) is 9.11. The Bertz CT molecular complexity index is 921. The van der Waals surface area contributed by atoms with Gasteiger partial charge in [0, 0.05) is 0 Å². The van der Waals surface area contributed by atoms with Crippen molar-refractivity contribution in [3.63, 3.8) is 0 Å².